The van der Waals surface area contributed by atoms with Gasteiger partial charge in [0.2, 0.25) is 5.91 Å². The number of carboxylic acids is 1. The smallest absolute Gasteiger partial charge is 0.322 e. The highest BCUT2D eigenvalue weighted by Crippen LogP contribution is 2.23. The Morgan fingerprint density at radius 3 is 2.31 bits per heavy atom. The maximum Gasteiger partial charge on any atom is 0.322 e. The van der Waals surface area contributed by atoms with E-state index in [0.29, 0.717) is 6.42 Å². The van der Waals surface area contributed by atoms with Gasteiger partial charge in [0.05, 0.1) is 0 Å². The molecule has 0 atom stereocenters. The average Bonchev–Trinajstić information content (AvgIpc) is 2.00. The molecular weight excluding hydrogens is 170 g/mol. The second-order valence-corrected chi connectivity index (χ2v) is 3.87. The molecule has 0 saturated heterocycles. The lowest BCUT2D eigenvalue weighted by Crippen LogP contribution is -2.32. The molecule has 0 aliphatic rings. The SMILES string of the molecule is CCC(C)(C)CC(=O)NCC(=O)O. The van der Waals surface area contributed by atoms with E-state index in [1.54, 1.807) is 0 Å². The van der Waals surface area contributed by atoms with Gasteiger partial charge in [-0.1, -0.05) is 27.2 Å². The second kappa shape index (κ2) is 4.84. The fourth-order valence-electron chi connectivity index (χ4n) is 0.796. The lowest BCUT2D eigenvalue weighted by atomic mass is 9.86. The normalized spacial score (nSPS) is 11.0. The van der Waals surface area contributed by atoms with E-state index in [9.17, 15) is 9.59 Å². The third-order valence-corrected chi connectivity index (χ3v) is 2.03. The number of carbonyl (C=O) groups is 2. The molecule has 0 fully saturated rings. The lowest BCUT2D eigenvalue weighted by molar-refractivity contribution is -0.138. The molecule has 0 unspecified atom stereocenters. The van der Waals surface area contributed by atoms with Crippen molar-refractivity contribution in [1.82, 2.24) is 5.32 Å². The standard InChI is InChI=1S/C9H17NO3/c1-4-9(2,3)5-7(11)10-6-8(12)13/h4-6H2,1-3H3,(H,10,11)(H,12,13). The van der Waals surface area contributed by atoms with E-state index in [-0.39, 0.29) is 17.9 Å². The maximum absolute atomic E-state index is 11.1. The van der Waals surface area contributed by atoms with Crippen LogP contribution in [-0.2, 0) is 9.59 Å². The van der Waals surface area contributed by atoms with E-state index >= 15 is 0 Å². The van der Waals surface area contributed by atoms with E-state index in [4.69, 9.17) is 5.11 Å². The zero-order valence-corrected chi connectivity index (χ0v) is 8.39. The Bertz CT molecular complexity index is 199. The van der Waals surface area contributed by atoms with E-state index in [1.165, 1.54) is 0 Å². The van der Waals surface area contributed by atoms with E-state index in [2.05, 4.69) is 5.32 Å². The zero-order valence-electron chi connectivity index (χ0n) is 8.39. The van der Waals surface area contributed by atoms with Gasteiger partial charge < -0.3 is 10.4 Å². The molecule has 4 nitrogen and oxygen atoms in total. The van der Waals surface area contributed by atoms with Crippen LogP contribution < -0.4 is 5.32 Å². The number of rotatable bonds is 5. The van der Waals surface area contributed by atoms with Crippen molar-refractivity contribution < 1.29 is 14.7 Å². The number of aliphatic carboxylic acids is 1. The average molecular weight is 187 g/mol. The summed E-state index contributed by atoms with van der Waals surface area (Å²) in [4.78, 5) is 21.3. The lowest BCUT2D eigenvalue weighted by Gasteiger charge is -2.21. The maximum atomic E-state index is 11.1. The van der Waals surface area contributed by atoms with Crippen molar-refractivity contribution >= 4 is 11.9 Å². The summed E-state index contributed by atoms with van der Waals surface area (Å²) in [6.07, 6.45) is 1.27. The van der Waals surface area contributed by atoms with Gasteiger partial charge in [-0.15, -0.1) is 0 Å². The largest absolute Gasteiger partial charge is 0.480 e. The highest BCUT2D eigenvalue weighted by molar-refractivity contribution is 5.81. The van der Waals surface area contributed by atoms with Crippen LogP contribution in [0.3, 0.4) is 0 Å². The molecule has 0 aromatic rings. The number of hydrogen-bond donors (Lipinski definition) is 2. The third kappa shape index (κ3) is 6.13. The van der Waals surface area contributed by atoms with Crippen LogP contribution in [0.4, 0.5) is 0 Å². The number of hydrogen-bond acceptors (Lipinski definition) is 2. The summed E-state index contributed by atoms with van der Waals surface area (Å²) in [6, 6.07) is 0. The molecular formula is C9H17NO3. The summed E-state index contributed by atoms with van der Waals surface area (Å²) in [6.45, 7) is 5.67. The van der Waals surface area contributed by atoms with E-state index in [0.717, 1.165) is 6.42 Å². The molecule has 13 heavy (non-hydrogen) atoms. The molecule has 0 aromatic heterocycles. The van der Waals surface area contributed by atoms with Gasteiger partial charge in [-0.25, -0.2) is 0 Å². The van der Waals surface area contributed by atoms with Crippen molar-refractivity contribution in [3.05, 3.63) is 0 Å². The monoisotopic (exact) mass is 187 g/mol. The van der Waals surface area contributed by atoms with E-state index < -0.39 is 5.97 Å². The Labute approximate surface area is 78.3 Å². The third-order valence-electron chi connectivity index (χ3n) is 2.03. The molecule has 0 spiro atoms. The first kappa shape index (κ1) is 11.9. The Kier molecular flexibility index (Phi) is 4.45. The molecule has 0 aromatic carbocycles. The molecule has 4 heteroatoms. The van der Waals surface area contributed by atoms with Gasteiger partial charge >= 0.3 is 5.97 Å². The summed E-state index contributed by atoms with van der Waals surface area (Å²) in [5.74, 6) is -1.21. The predicted molar refractivity (Wildman–Crippen MR) is 49.3 cm³/mol. The summed E-state index contributed by atoms with van der Waals surface area (Å²) in [5, 5.41) is 10.6. The van der Waals surface area contributed by atoms with Crippen LogP contribution in [0.25, 0.3) is 0 Å². The van der Waals surface area contributed by atoms with Crippen LogP contribution >= 0.6 is 0 Å². The predicted octanol–water partition coefficient (Wildman–Crippen LogP) is 1.01. The molecule has 76 valence electrons. The quantitative estimate of drug-likeness (QED) is 0.675. The van der Waals surface area contributed by atoms with Gasteiger partial charge in [0, 0.05) is 6.42 Å². The van der Waals surface area contributed by atoms with Crippen molar-refractivity contribution in [1.29, 1.82) is 0 Å². The van der Waals surface area contributed by atoms with Gasteiger partial charge in [-0.3, -0.25) is 9.59 Å². The molecule has 0 rings (SSSR count). The first-order valence-corrected chi connectivity index (χ1v) is 4.36. The molecule has 0 radical (unpaired) electrons. The van der Waals surface area contributed by atoms with Crippen LogP contribution in [0, 0.1) is 5.41 Å². The van der Waals surface area contributed by atoms with Gasteiger partial charge in [0.25, 0.3) is 0 Å². The minimum Gasteiger partial charge on any atom is -0.480 e. The number of nitrogens with one attached hydrogen (secondary N) is 1. The fraction of sp³-hybridized carbons (Fsp3) is 0.778. The molecule has 2 N–H and O–H groups in total. The van der Waals surface area contributed by atoms with Crippen molar-refractivity contribution in [3.8, 4) is 0 Å². The first-order chi connectivity index (χ1) is 5.87. The van der Waals surface area contributed by atoms with Crippen molar-refractivity contribution in [2.75, 3.05) is 6.54 Å². The summed E-state index contributed by atoms with van der Waals surface area (Å²) < 4.78 is 0. The Balaban J connectivity index is 3.81. The number of carbonyl (C=O) groups excluding carboxylic acids is 1. The zero-order chi connectivity index (χ0) is 10.5. The Morgan fingerprint density at radius 2 is 1.92 bits per heavy atom. The first-order valence-electron chi connectivity index (χ1n) is 4.36. The molecule has 0 aliphatic carbocycles. The van der Waals surface area contributed by atoms with Crippen LogP contribution in [0.5, 0.6) is 0 Å². The number of carboxylic acid groups (broad SMARTS) is 1. The minimum atomic E-state index is -1.01. The summed E-state index contributed by atoms with van der Waals surface area (Å²) >= 11 is 0. The minimum absolute atomic E-state index is 0.0530. The molecule has 1 amide bonds. The van der Waals surface area contributed by atoms with Crippen molar-refractivity contribution in [2.24, 2.45) is 5.41 Å². The summed E-state index contributed by atoms with van der Waals surface area (Å²) in [7, 11) is 0. The van der Waals surface area contributed by atoms with Gasteiger partial charge in [0.15, 0.2) is 0 Å². The van der Waals surface area contributed by atoms with Crippen LogP contribution in [-0.4, -0.2) is 23.5 Å². The van der Waals surface area contributed by atoms with E-state index in [1.807, 2.05) is 20.8 Å². The summed E-state index contributed by atoms with van der Waals surface area (Å²) in [5.41, 5.74) is -0.0530. The highest BCUT2D eigenvalue weighted by Gasteiger charge is 2.19. The molecule has 0 bridgehead atoms. The van der Waals surface area contributed by atoms with Gasteiger partial charge in [-0.2, -0.15) is 0 Å². The highest BCUT2D eigenvalue weighted by atomic mass is 16.4. The molecule has 0 saturated carbocycles. The van der Waals surface area contributed by atoms with Crippen LogP contribution in [0.2, 0.25) is 0 Å². The number of amides is 1. The Morgan fingerprint density at radius 1 is 1.38 bits per heavy atom. The second-order valence-electron chi connectivity index (χ2n) is 3.87. The van der Waals surface area contributed by atoms with Crippen molar-refractivity contribution in [3.63, 3.8) is 0 Å². The fourth-order valence-corrected chi connectivity index (χ4v) is 0.796. The Hall–Kier alpha value is -1.06. The topological polar surface area (TPSA) is 66.4 Å². The molecule has 0 aliphatic heterocycles. The van der Waals surface area contributed by atoms with Crippen molar-refractivity contribution in [2.45, 2.75) is 33.6 Å². The van der Waals surface area contributed by atoms with Gasteiger partial charge in [-0.05, 0) is 5.41 Å². The van der Waals surface area contributed by atoms with Crippen LogP contribution in [0.1, 0.15) is 33.6 Å². The van der Waals surface area contributed by atoms with Crippen LogP contribution in [0.15, 0.2) is 0 Å². The molecule has 0 heterocycles. The van der Waals surface area contributed by atoms with Gasteiger partial charge in [0.1, 0.15) is 6.54 Å².